The minimum absolute atomic E-state index is 0.0226. The van der Waals surface area contributed by atoms with E-state index < -0.39 is 5.97 Å². The van der Waals surface area contributed by atoms with Crippen molar-refractivity contribution < 1.29 is 14.7 Å². The Hall–Kier alpha value is -3.94. The second-order valence-electron chi connectivity index (χ2n) is 9.64. The van der Waals surface area contributed by atoms with Crippen LogP contribution in [-0.2, 0) is 22.6 Å². The quantitative estimate of drug-likeness (QED) is 0.215. The molecule has 0 saturated heterocycles. The molecule has 1 aromatic heterocycles. The van der Waals surface area contributed by atoms with E-state index in [0.717, 1.165) is 27.6 Å². The molecule has 0 saturated carbocycles. The number of aliphatic carboxylic acids is 1. The van der Waals surface area contributed by atoms with Crippen molar-refractivity contribution in [2.45, 2.75) is 44.8 Å². The number of rotatable bonds is 13. The number of H-pyrrole nitrogens is 1. The van der Waals surface area contributed by atoms with Crippen LogP contribution in [-0.4, -0.2) is 51.5 Å². The number of fused-ring (bicyclic) bond motifs is 1. The number of nitrogens with zero attached hydrogens (tertiary/aromatic N) is 2. The molecule has 0 bridgehead atoms. The number of hydrazine groups is 1. The Morgan fingerprint density at radius 2 is 1.58 bits per heavy atom. The van der Waals surface area contributed by atoms with Gasteiger partial charge in [0.1, 0.15) is 0 Å². The van der Waals surface area contributed by atoms with Crippen LogP contribution in [0.5, 0.6) is 0 Å². The fourth-order valence-corrected chi connectivity index (χ4v) is 4.93. The molecule has 2 atom stereocenters. The van der Waals surface area contributed by atoms with Crippen LogP contribution in [0.15, 0.2) is 91.1 Å². The number of aromatic nitrogens is 1. The number of hydrogen-bond donors (Lipinski definition) is 3. The summed E-state index contributed by atoms with van der Waals surface area (Å²) in [6.45, 7) is 3.15. The van der Waals surface area contributed by atoms with Gasteiger partial charge >= 0.3 is 5.97 Å². The van der Waals surface area contributed by atoms with E-state index in [1.807, 2.05) is 110 Å². The molecule has 0 fully saturated rings. The first kappa shape index (κ1) is 27.1. The Kier molecular flexibility index (Phi) is 9.30. The lowest BCUT2D eigenvalue weighted by atomic mass is 10.0. The van der Waals surface area contributed by atoms with Crippen molar-refractivity contribution in [3.05, 3.63) is 108 Å². The molecule has 0 aliphatic heterocycles. The zero-order valence-corrected chi connectivity index (χ0v) is 22.0. The number of aromatic amines is 1. The molecule has 1 amide bonds. The maximum Gasteiger partial charge on any atom is 0.304 e. The summed E-state index contributed by atoms with van der Waals surface area (Å²) in [5.74, 6) is -0.845. The fourth-order valence-electron chi connectivity index (χ4n) is 4.93. The number of para-hydroxylation sites is 1. The third-order valence-electron chi connectivity index (χ3n) is 6.87. The van der Waals surface area contributed by atoms with Crippen molar-refractivity contribution in [1.82, 2.24) is 20.3 Å². The molecule has 3 aromatic carbocycles. The van der Waals surface area contributed by atoms with Crippen LogP contribution in [0.2, 0.25) is 0 Å². The highest BCUT2D eigenvalue weighted by Crippen LogP contribution is 2.26. The molecule has 7 nitrogen and oxygen atoms in total. The van der Waals surface area contributed by atoms with Crippen molar-refractivity contribution in [3.63, 3.8) is 0 Å². The van der Waals surface area contributed by atoms with Gasteiger partial charge in [-0.2, -0.15) is 0 Å². The zero-order chi connectivity index (χ0) is 26.9. The molecular weight excluding hydrogens is 476 g/mol. The lowest BCUT2D eigenvalue weighted by Gasteiger charge is -2.35. The topological polar surface area (TPSA) is 88.7 Å². The number of hydrogen-bond acceptors (Lipinski definition) is 4. The van der Waals surface area contributed by atoms with Gasteiger partial charge in [-0.3, -0.25) is 15.0 Å². The van der Waals surface area contributed by atoms with Crippen molar-refractivity contribution >= 4 is 22.8 Å². The van der Waals surface area contributed by atoms with Crippen LogP contribution >= 0.6 is 0 Å². The summed E-state index contributed by atoms with van der Waals surface area (Å²) in [5.41, 5.74) is 7.66. The van der Waals surface area contributed by atoms with E-state index in [1.165, 1.54) is 0 Å². The molecule has 7 heteroatoms. The summed E-state index contributed by atoms with van der Waals surface area (Å²) in [6.07, 6.45) is 2.71. The summed E-state index contributed by atoms with van der Waals surface area (Å²) in [7, 11) is 1.82. The normalized spacial score (nSPS) is 12.9. The number of carbonyl (C=O) groups is 2. The minimum Gasteiger partial charge on any atom is -0.481 e. The molecule has 1 heterocycles. The van der Waals surface area contributed by atoms with E-state index in [4.69, 9.17) is 0 Å². The third kappa shape index (κ3) is 7.09. The number of nitrogens with one attached hydrogen (secondary N) is 2. The van der Waals surface area contributed by atoms with E-state index >= 15 is 0 Å². The van der Waals surface area contributed by atoms with Crippen molar-refractivity contribution in [3.8, 4) is 0 Å². The summed E-state index contributed by atoms with van der Waals surface area (Å²) in [4.78, 5) is 30.2. The maximum atomic E-state index is 13.4. The minimum atomic E-state index is -0.867. The largest absolute Gasteiger partial charge is 0.481 e. The van der Waals surface area contributed by atoms with Crippen molar-refractivity contribution in [2.75, 3.05) is 13.6 Å². The van der Waals surface area contributed by atoms with Crippen molar-refractivity contribution in [2.24, 2.45) is 0 Å². The Balaban J connectivity index is 1.55. The average molecular weight is 513 g/mol. The van der Waals surface area contributed by atoms with Gasteiger partial charge in [-0.15, -0.1) is 0 Å². The number of carbonyl (C=O) groups excluding carboxylic acids is 1. The molecule has 4 aromatic rings. The smallest absolute Gasteiger partial charge is 0.304 e. The summed E-state index contributed by atoms with van der Waals surface area (Å²) >= 11 is 0. The number of benzene rings is 3. The van der Waals surface area contributed by atoms with Gasteiger partial charge < -0.3 is 15.0 Å². The van der Waals surface area contributed by atoms with Gasteiger partial charge in [-0.1, -0.05) is 85.8 Å². The lowest BCUT2D eigenvalue weighted by molar-refractivity contribution is -0.138. The molecule has 0 spiro atoms. The van der Waals surface area contributed by atoms with Crippen molar-refractivity contribution in [1.29, 1.82) is 0 Å². The van der Waals surface area contributed by atoms with Crippen LogP contribution in [0.4, 0.5) is 0 Å². The molecule has 3 N–H and O–H groups in total. The Bertz CT molecular complexity index is 1320. The van der Waals surface area contributed by atoms with Gasteiger partial charge in [0.05, 0.1) is 12.5 Å². The van der Waals surface area contributed by atoms with Crippen LogP contribution in [0.3, 0.4) is 0 Å². The van der Waals surface area contributed by atoms with Gasteiger partial charge in [0.25, 0.3) is 0 Å². The standard InChI is InChI=1S/C31H36N4O3/c1-3-35(33-26(19-31(37)38)18-25-21-32-28-17-11-10-16-27(25)28)29(24-14-8-5-9-15-24)20-30(36)34(2)22-23-12-6-4-7-13-23/h4-17,21,26,29,32-33H,3,18-20,22H2,1-2H3,(H,37,38)/t26-,29+/m1/s1. The molecule has 4 rings (SSSR count). The first-order chi connectivity index (χ1) is 18.4. The third-order valence-corrected chi connectivity index (χ3v) is 6.87. The predicted molar refractivity (Wildman–Crippen MR) is 150 cm³/mol. The Labute approximate surface area is 224 Å². The van der Waals surface area contributed by atoms with Gasteiger partial charge in [0.2, 0.25) is 5.91 Å². The molecule has 0 radical (unpaired) electrons. The van der Waals surface area contributed by atoms with E-state index in [9.17, 15) is 14.7 Å². The SMILES string of the molecule is CCN(N[C@@H](CC(=O)O)Cc1c[nH]c2ccccc12)[C@@H](CC(=O)N(C)Cc1ccccc1)c1ccccc1. The van der Waals surface area contributed by atoms with Gasteiger partial charge in [0, 0.05) is 49.7 Å². The fraction of sp³-hybridized carbons (Fsp3) is 0.290. The summed E-state index contributed by atoms with van der Waals surface area (Å²) < 4.78 is 0. The molecular formula is C31H36N4O3. The monoisotopic (exact) mass is 512 g/mol. The highest BCUT2D eigenvalue weighted by atomic mass is 16.4. The second kappa shape index (κ2) is 13.0. The van der Waals surface area contributed by atoms with E-state index in [2.05, 4.69) is 10.4 Å². The second-order valence-corrected chi connectivity index (χ2v) is 9.64. The first-order valence-corrected chi connectivity index (χ1v) is 13.1. The molecule has 38 heavy (non-hydrogen) atoms. The van der Waals surface area contributed by atoms with E-state index in [-0.39, 0.29) is 30.8 Å². The van der Waals surface area contributed by atoms with Crippen LogP contribution in [0, 0.1) is 0 Å². The Morgan fingerprint density at radius 1 is 0.921 bits per heavy atom. The van der Waals surface area contributed by atoms with Crippen LogP contribution in [0.25, 0.3) is 10.9 Å². The number of carboxylic acid groups (broad SMARTS) is 1. The molecule has 0 aliphatic carbocycles. The predicted octanol–water partition coefficient (Wildman–Crippen LogP) is 5.17. The van der Waals surface area contributed by atoms with Crippen LogP contribution in [0.1, 0.15) is 42.5 Å². The number of carboxylic acids is 1. The number of amides is 1. The highest BCUT2D eigenvalue weighted by molar-refractivity contribution is 5.83. The first-order valence-electron chi connectivity index (χ1n) is 13.1. The highest BCUT2D eigenvalue weighted by Gasteiger charge is 2.27. The van der Waals surface area contributed by atoms with Gasteiger partial charge in [-0.25, -0.2) is 5.01 Å². The Morgan fingerprint density at radius 3 is 2.26 bits per heavy atom. The van der Waals surface area contributed by atoms with E-state index in [0.29, 0.717) is 19.5 Å². The lowest BCUT2D eigenvalue weighted by Crippen LogP contribution is -2.49. The van der Waals surface area contributed by atoms with Crippen LogP contribution < -0.4 is 5.43 Å². The average Bonchev–Trinajstić information content (AvgIpc) is 3.33. The molecule has 0 unspecified atom stereocenters. The van der Waals surface area contributed by atoms with Gasteiger partial charge in [0.15, 0.2) is 0 Å². The maximum absolute atomic E-state index is 13.4. The molecule has 0 aliphatic rings. The van der Waals surface area contributed by atoms with E-state index in [1.54, 1.807) is 4.90 Å². The zero-order valence-electron chi connectivity index (χ0n) is 22.0. The van der Waals surface area contributed by atoms with Gasteiger partial charge in [-0.05, 0) is 29.2 Å². The summed E-state index contributed by atoms with van der Waals surface area (Å²) in [5, 5.41) is 12.8. The molecule has 198 valence electrons. The summed E-state index contributed by atoms with van der Waals surface area (Å²) in [6, 6.07) is 27.3.